The molecule has 0 spiro atoms. The van der Waals surface area contributed by atoms with Crippen LogP contribution in [0.15, 0.2) is 21.6 Å². The fraction of sp³-hybridized carbons (Fsp3) is 0.750. The average molecular weight is 281 g/mol. The molecule has 3 heteroatoms. The second-order valence-electron chi connectivity index (χ2n) is 6.77. The van der Waals surface area contributed by atoms with E-state index in [0.717, 1.165) is 11.7 Å². The molecule has 0 saturated heterocycles. The monoisotopic (exact) mass is 281 g/mol. The van der Waals surface area contributed by atoms with Crippen LogP contribution in [0.1, 0.15) is 45.8 Å². The van der Waals surface area contributed by atoms with Gasteiger partial charge < -0.3 is 9.73 Å². The van der Waals surface area contributed by atoms with Gasteiger partial charge in [0.1, 0.15) is 5.76 Å². The van der Waals surface area contributed by atoms with E-state index >= 15 is 0 Å². The lowest BCUT2D eigenvalue weighted by Crippen LogP contribution is -2.43. The number of rotatable bonds is 3. The van der Waals surface area contributed by atoms with Gasteiger partial charge in [0.25, 0.3) is 0 Å². The molecule has 0 bridgehead atoms. The van der Waals surface area contributed by atoms with Gasteiger partial charge in [-0.3, -0.25) is 0 Å². The second-order valence-corrected chi connectivity index (χ2v) is 8.05. The molecule has 2 rings (SSSR count). The highest BCUT2D eigenvalue weighted by Gasteiger charge is 2.36. The van der Waals surface area contributed by atoms with E-state index in [0.29, 0.717) is 16.7 Å². The Morgan fingerprint density at radius 3 is 2.58 bits per heavy atom. The molecule has 0 amide bonds. The van der Waals surface area contributed by atoms with Gasteiger partial charge in [0.2, 0.25) is 0 Å². The molecule has 1 heterocycles. The van der Waals surface area contributed by atoms with E-state index in [4.69, 9.17) is 4.42 Å². The SMILES string of the molecule is CNC1CCC(C(C)(C)C)CC1Sc1ccoc1C. The van der Waals surface area contributed by atoms with Crippen molar-refractivity contribution >= 4 is 11.8 Å². The summed E-state index contributed by atoms with van der Waals surface area (Å²) in [7, 11) is 2.10. The van der Waals surface area contributed by atoms with Gasteiger partial charge in [-0.2, -0.15) is 0 Å². The molecular weight excluding hydrogens is 254 g/mol. The predicted octanol–water partition coefficient (Wildman–Crippen LogP) is 4.48. The maximum atomic E-state index is 5.43. The predicted molar refractivity (Wildman–Crippen MR) is 82.7 cm³/mol. The zero-order chi connectivity index (χ0) is 14.0. The zero-order valence-electron chi connectivity index (χ0n) is 12.8. The number of hydrogen-bond donors (Lipinski definition) is 1. The highest BCUT2D eigenvalue weighted by atomic mass is 32.2. The first-order valence-corrected chi connectivity index (χ1v) is 8.17. The van der Waals surface area contributed by atoms with Gasteiger partial charge in [-0.1, -0.05) is 20.8 Å². The Labute approximate surface area is 121 Å². The van der Waals surface area contributed by atoms with Crippen molar-refractivity contribution in [3.63, 3.8) is 0 Å². The Morgan fingerprint density at radius 2 is 2.05 bits per heavy atom. The minimum atomic E-state index is 0.420. The topological polar surface area (TPSA) is 25.2 Å². The quantitative estimate of drug-likeness (QED) is 0.884. The van der Waals surface area contributed by atoms with Crippen molar-refractivity contribution in [2.75, 3.05) is 7.05 Å². The van der Waals surface area contributed by atoms with Crippen molar-refractivity contribution in [1.82, 2.24) is 5.32 Å². The molecule has 1 aliphatic carbocycles. The number of nitrogens with one attached hydrogen (secondary N) is 1. The standard InChI is InChI=1S/C16H27NOS/c1-11-14(8-9-18-11)19-15-10-12(16(2,3)4)6-7-13(15)17-5/h8-9,12-13,15,17H,6-7,10H2,1-5H3. The summed E-state index contributed by atoms with van der Waals surface area (Å²) >= 11 is 1.99. The first-order chi connectivity index (χ1) is 8.91. The van der Waals surface area contributed by atoms with Crippen molar-refractivity contribution in [3.05, 3.63) is 18.1 Å². The Hall–Kier alpha value is -0.410. The van der Waals surface area contributed by atoms with Gasteiger partial charge in [-0.15, -0.1) is 11.8 Å². The molecular formula is C16H27NOS. The van der Waals surface area contributed by atoms with Crippen LogP contribution in [0.25, 0.3) is 0 Å². The van der Waals surface area contributed by atoms with Crippen LogP contribution < -0.4 is 5.32 Å². The van der Waals surface area contributed by atoms with Crippen molar-refractivity contribution < 1.29 is 4.42 Å². The smallest absolute Gasteiger partial charge is 0.114 e. The fourth-order valence-electron chi connectivity index (χ4n) is 3.03. The third-order valence-corrected chi connectivity index (χ3v) is 5.98. The Kier molecular flexibility index (Phi) is 4.67. The molecule has 19 heavy (non-hydrogen) atoms. The summed E-state index contributed by atoms with van der Waals surface area (Å²) in [6.45, 7) is 9.19. The van der Waals surface area contributed by atoms with Gasteiger partial charge in [0, 0.05) is 16.2 Å². The molecule has 1 saturated carbocycles. The van der Waals surface area contributed by atoms with E-state index < -0.39 is 0 Å². The molecule has 0 radical (unpaired) electrons. The van der Waals surface area contributed by atoms with Crippen molar-refractivity contribution in [1.29, 1.82) is 0 Å². The van der Waals surface area contributed by atoms with Crippen molar-refractivity contribution in [2.24, 2.45) is 11.3 Å². The lowest BCUT2D eigenvalue weighted by atomic mass is 9.71. The highest BCUT2D eigenvalue weighted by Crippen LogP contribution is 2.43. The molecule has 3 unspecified atom stereocenters. The maximum absolute atomic E-state index is 5.43. The molecule has 1 fully saturated rings. The normalized spacial score (nSPS) is 28.6. The fourth-order valence-corrected chi connectivity index (χ4v) is 4.47. The van der Waals surface area contributed by atoms with Crippen molar-refractivity contribution in [2.45, 2.75) is 63.1 Å². The molecule has 1 aromatic rings. The molecule has 108 valence electrons. The van der Waals surface area contributed by atoms with Gasteiger partial charge >= 0.3 is 0 Å². The summed E-state index contributed by atoms with van der Waals surface area (Å²) in [5.74, 6) is 1.87. The number of thioether (sulfide) groups is 1. The van der Waals surface area contributed by atoms with Crippen LogP contribution in [-0.2, 0) is 0 Å². The Morgan fingerprint density at radius 1 is 1.32 bits per heavy atom. The summed E-state index contributed by atoms with van der Waals surface area (Å²) in [5, 5.41) is 4.16. The molecule has 0 aliphatic heterocycles. The van der Waals surface area contributed by atoms with E-state index in [1.807, 2.05) is 11.8 Å². The van der Waals surface area contributed by atoms with Crippen LogP contribution >= 0.6 is 11.8 Å². The maximum Gasteiger partial charge on any atom is 0.114 e. The third-order valence-electron chi connectivity index (χ3n) is 4.48. The Balaban J connectivity index is 2.08. The molecule has 1 aliphatic rings. The largest absolute Gasteiger partial charge is 0.468 e. The molecule has 1 aromatic heterocycles. The van der Waals surface area contributed by atoms with E-state index in [2.05, 4.69) is 46.1 Å². The lowest BCUT2D eigenvalue weighted by molar-refractivity contribution is 0.167. The minimum absolute atomic E-state index is 0.420. The summed E-state index contributed by atoms with van der Waals surface area (Å²) in [6.07, 6.45) is 5.73. The summed E-state index contributed by atoms with van der Waals surface area (Å²) in [4.78, 5) is 1.31. The minimum Gasteiger partial charge on any atom is -0.468 e. The van der Waals surface area contributed by atoms with E-state index in [-0.39, 0.29) is 0 Å². The highest BCUT2D eigenvalue weighted by molar-refractivity contribution is 8.00. The van der Waals surface area contributed by atoms with E-state index in [1.165, 1.54) is 24.2 Å². The van der Waals surface area contributed by atoms with Gasteiger partial charge in [0.15, 0.2) is 0 Å². The molecule has 3 atom stereocenters. The van der Waals surface area contributed by atoms with Crippen LogP contribution in [-0.4, -0.2) is 18.3 Å². The van der Waals surface area contributed by atoms with Crippen LogP contribution in [0.3, 0.4) is 0 Å². The van der Waals surface area contributed by atoms with Crippen molar-refractivity contribution in [3.8, 4) is 0 Å². The van der Waals surface area contributed by atoms with E-state index in [1.54, 1.807) is 6.26 Å². The average Bonchev–Trinajstić information content (AvgIpc) is 2.74. The van der Waals surface area contributed by atoms with Gasteiger partial charge in [-0.05, 0) is 50.6 Å². The summed E-state index contributed by atoms with van der Waals surface area (Å²) < 4.78 is 5.43. The first-order valence-electron chi connectivity index (χ1n) is 7.30. The third kappa shape index (κ3) is 3.57. The zero-order valence-corrected chi connectivity index (χ0v) is 13.6. The molecule has 1 N–H and O–H groups in total. The van der Waals surface area contributed by atoms with Crippen LogP contribution in [0.5, 0.6) is 0 Å². The number of hydrogen-bond acceptors (Lipinski definition) is 3. The van der Waals surface area contributed by atoms with Crippen LogP contribution in [0, 0.1) is 18.3 Å². The van der Waals surface area contributed by atoms with Crippen LogP contribution in [0.2, 0.25) is 0 Å². The first kappa shape index (κ1) is 15.0. The summed E-state index contributed by atoms with van der Waals surface area (Å²) in [5.41, 5.74) is 0.420. The van der Waals surface area contributed by atoms with Gasteiger partial charge in [-0.25, -0.2) is 0 Å². The number of furan rings is 1. The Bertz CT molecular complexity index is 407. The summed E-state index contributed by atoms with van der Waals surface area (Å²) in [6, 6.07) is 2.73. The van der Waals surface area contributed by atoms with Crippen LogP contribution in [0.4, 0.5) is 0 Å². The number of aryl methyl sites for hydroxylation is 1. The van der Waals surface area contributed by atoms with Gasteiger partial charge in [0.05, 0.1) is 6.26 Å². The molecule has 0 aromatic carbocycles. The molecule has 2 nitrogen and oxygen atoms in total. The van der Waals surface area contributed by atoms with E-state index in [9.17, 15) is 0 Å². The lowest BCUT2D eigenvalue weighted by Gasteiger charge is -2.41. The second kappa shape index (κ2) is 5.92.